The van der Waals surface area contributed by atoms with Gasteiger partial charge in [0.1, 0.15) is 15.7 Å². The van der Waals surface area contributed by atoms with Crippen LogP contribution in [-0.4, -0.2) is 28.8 Å². The number of hydrogen-bond donors (Lipinski definition) is 2. The highest BCUT2D eigenvalue weighted by molar-refractivity contribution is 6.33. The van der Waals surface area contributed by atoms with E-state index >= 15 is 0 Å². The Balaban J connectivity index is 1.95. The number of benzene rings is 3. The van der Waals surface area contributed by atoms with Crippen molar-refractivity contribution in [2.45, 2.75) is 12.8 Å². The summed E-state index contributed by atoms with van der Waals surface area (Å²) in [6.07, 6.45) is 1.63. The summed E-state index contributed by atoms with van der Waals surface area (Å²) in [7, 11) is 12.2. The number of hydrogen-bond acceptors (Lipinski definition) is 2. The molecule has 0 aliphatic rings. The first-order valence-electron chi connectivity index (χ1n) is 9.15. The van der Waals surface area contributed by atoms with Gasteiger partial charge in [-0.05, 0) is 75.8 Å². The molecule has 0 fully saturated rings. The third-order valence-electron chi connectivity index (χ3n) is 4.58. The third kappa shape index (κ3) is 5.65. The van der Waals surface area contributed by atoms with E-state index in [9.17, 15) is 0 Å². The molecule has 0 bridgehead atoms. The van der Waals surface area contributed by atoms with Gasteiger partial charge in [0, 0.05) is 13.1 Å². The molecule has 0 saturated heterocycles. The highest BCUT2D eigenvalue weighted by Gasteiger charge is 2.06. The van der Waals surface area contributed by atoms with Crippen LogP contribution in [0.1, 0.15) is 11.1 Å². The zero-order valence-corrected chi connectivity index (χ0v) is 17.0. The van der Waals surface area contributed by atoms with Crippen LogP contribution in [-0.2, 0) is 12.8 Å². The number of nitrogens with one attached hydrogen (secondary N) is 2. The van der Waals surface area contributed by atoms with Gasteiger partial charge in [-0.2, -0.15) is 0 Å². The lowest BCUT2D eigenvalue weighted by Gasteiger charge is -2.12. The molecule has 6 heteroatoms. The van der Waals surface area contributed by atoms with E-state index in [1.54, 1.807) is 0 Å². The average molecular weight is 405 g/mol. The first kappa shape index (κ1) is 21.0. The SMILES string of the molecule is [B]c1cc(CCNCl)cc(-c2cccc(-c3cc([B])cc(CCNCl)c3)c2)c1. The van der Waals surface area contributed by atoms with Crippen molar-refractivity contribution >= 4 is 50.2 Å². The molecule has 2 nitrogen and oxygen atoms in total. The summed E-state index contributed by atoms with van der Waals surface area (Å²) in [6.45, 7) is 1.38. The van der Waals surface area contributed by atoms with E-state index in [1.165, 1.54) is 0 Å². The van der Waals surface area contributed by atoms with Crippen LogP contribution in [0.4, 0.5) is 0 Å². The van der Waals surface area contributed by atoms with Crippen LogP contribution in [0, 0.1) is 0 Å². The van der Waals surface area contributed by atoms with Crippen LogP contribution in [0.2, 0.25) is 0 Å². The number of halogens is 2. The zero-order chi connectivity index (χ0) is 19.9. The second-order valence-corrected chi connectivity index (χ2v) is 7.31. The summed E-state index contributed by atoms with van der Waals surface area (Å²) in [6, 6.07) is 20.7. The Hall–Kier alpha value is -1.71. The molecule has 0 aliphatic carbocycles. The summed E-state index contributed by atoms with van der Waals surface area (Å²) < 4.78 is 0. The maximum atomic E-state index is 6.12. The van der Waals surface area contributed by atoms with Gasteiger partial charge >= 0.3 is 0 Å². The maximum Gasteiger partial charge on any atom is 0.113 e. The fourth-order valence-electron chi connectivity index (χ4n) is 3.32. The second-order valence-electron chi connectivity index (χ2n) is 6.77. The Kier molecular flexibility index (Phi) is 7.64. The molecule has 0 atom stereocenters. The molecule has 3 rings (SSSR count). The van der Waals surface area contributed by atoms with E-state index in [-0.39, 0.29) is 0 Å². The molecule has 0 heterocycles. The lowest BCUT2D eigenvalue weighted by molar-refractivity contribution is 0.900. The van der Waals surface area contributed by atoms with Crippen molar-refractivity contribution in [2.75, 3.05) is 13.1 Å². The van der Waals surface area contributed by atoms with Gasteiger partial charge in [-0.3, -0.25) is 0 Å². The van der Waals surface area contributed by atoms with Crippen molar-refractivity contribution in [3.63, 3.8) is 0 Å². The van der Waals surface area contributed by atoms with E-state index in [2.05, 4.69) is 46.1 Å². The van der Waals surface area contributed by atoms with Crippen LogP contribution in [0.15, 0.2) is 60.7 Å². The first-order chi connectivity index (χ1) is 13.6. The van der Waals surface area contributed by atoms with Gasteiger partial charge < -0.3 is 0 Å². The van der Waals surface area contributed by atoms with Gasteiger partial charge in [0.25, 0.3) is 0 Å². The van der Waals surface area contributed by atoms with Crippen LogP contribution < -0.4 is 20.6 Å². The predicted octanol–water partition coefficient (Wildman–Crippen LogP) is 3.18. The van der Waals surface area contributed by atoms with Gasteiger partial charge in [-0.15, -0.1) is 0 Å². The minimum atomic E-state index is 0.688. The van der Waals surface area contributed by atoms with Crippen LogP contribution >= 0.6 is 23.6 Å². The summed E-state index contributed by atoms with van der Waals surface area (Å²) in [4.78, 5) is 5.31. The smallest absolute Gasteiger partial charge is 0.113 e. The molecule has 4 radical (unpaired) electrons. The molecule has 0 spiro atoms. The third-order valence-corrected chi connectivity index (χ3v) is 4.95. The minimum Gasteiger partial charge on any atom is -0.233 e. The Labute approximate surface area is 179 Å². The normalized spacial score (nSPS) is 10.9. The van der Waals surface area contributed by atoms with Crippen LogP contribution in [0.5, 0.6) is 0 Å². The minimum absolute atomic E-state index is 0.688. The molecule has 2 N–H and O–H groups in total. The van der Waals surface area contributed by atoms with E-state index in [0.29, 0.717) is 13.1 Å². The summed E-state index contributed by atoms with van der Waals surface area (Å²) in [5, 5.41) is 0. The Morgan fingerprint density at radius 2 is 1.07 bits per heavy atom. The molecule has 138 valence electrons. The second kappa shape index (κ2) is 10.2. The lowest BCUT2D eigenvalue weighted by Crippen LogP contribution is -2.09. The van der Waals surface area contributed by atoms with Gasteiger partial charge in [-0.1, -0.05) is 65.5 Å². The van der Waals surface area contributed by atoms with E-state index in [0.717, 1.165) is 57.1 Å². The van der Waals surface area contributed by atoms with E-state index < -0.39 is 0 Å². The van der Waals surface area contributed by atoms with Crippen molar-refractivity contribution in [2.24, 2.45) is 0 Å². The van der Waals surface area contributed by atoms with Crippen molar-refractivity contribution in [1.29, 1.82) is 0 Å². The van der Waals surface area contributed by atoms with E-state index in [4.69, 9.17) is 39.2 Å². The molecule has 3 aromatic rings. The van der Waals surface area contributed by atoms with Gasteiger partial charge in [0.2, 0.25) is 0 Å². The molecule has 0 amide bonds. The van der Waals surface area contributed by atoms with Crippen molar-refractivity contribution in [3.05, 3.63) is 71.8 Å². The van der Waals surface area contributed by atoms with Gasteiger partial charge in [0.15, 0.2) is 0 Å². The van der Waals surface area contributed by atoms with E-state index in [1.807, 2.05) is 24.3 Å². The topological polar surface area (TPSA) is 24.1 Å². The quantitative estimate of drug-likeness (QED) is 0.445. The standard InChI is InChI=1S/C22H20B2Cl2N2/c23-21-10-15(4-6-27-25)8-19(13-21)17-2-1-3-18(12-17)20-9-16(5-7-28-26)11-22(24)14-20/h1-3,8-14,27-28H,4-7H2. The molecular formula is C22H20B2Cl2N2. The predicted molar refractivity (Wildman–Crippen MR) is 123 cm³/mol. The first-order valence-corrected chi connectivity index (χ1v) is 9.91. The lowest BCUT2D eigenvalue weighted by atomic mass is 9.87. The largest absolute Gasteiger partial charge is 0.233 e. The number of rotatable bonds is 8. The van der Waals surface area contributed by atoms with Crippen molar-refractivity contribution < 1.29 is 0 Å². The molecular weight excluding hydrogens is 385 g/mol. The highest BCUT2D eigenvalue weighted by atomic mass is 35.5. The average Bonchev–Trinajstić information content (AvgIpc) is 2.70. The summed E-state index contributed by atoms with van der Waals surface area (Å²) in [5.74, 6) is 0. The summed E-state index contributed by atoms with van der Waals surface area (Å²) >= 11 is 11.2. The maximum absolute atomic E-state index is 6.12. The molecule has 28 heavy (non-hydrogen) atoms. The fraction of sp³-hybridized carbons (Fsp3) is 0.182. The Morgan fingerprint density at radius 1 is 0.607 bits per heavy atom. The Morgan fingerprint density at radius 3 is 1.50 bits per heavy atom. The monoisotopic (exact) mass is 404 g/mol. The summed E-state index contributed by atoms with van der Waals surface area (Å²) in [5.41, 5.74) is 8.16. The molecule has 0 aliphatic heterocycles. The molecule has 3 aromatic carbocycles. The Bertz CT molecular complexity index is 875. The highest BCUT2D eigenvalue weighted by Crippen LogP contribution is 2.27. The van der Waals surface area contributed by atoms with Crippen molar-refractivity contribution in [3.8, 4) is 22.3 Å². The molecule has 0 aromatic heterocycles. The van der Waals surface area contributed by atoms with Crippen LogP contribution in [0.3, 0.4) is 0 Å². The van der Waals surface area contributed by atoms with Crippen LogP contribution in [0.25, 0.3) is 22.3 Å². The molecule has 0 unspecified atom stereocenters. The van der Waals surface area contributed by atoms with Crippen molar-refractivity contribution in [1.82, 2.24) is 9.67 Å². The fourth-order valence-corrected chi connectivity index (χ4v) is 3.51. The zero-order valence-electron chi connectivity index (χ0n) is 15.5. The van der Waals surface area contributed by atoms with Gasteiger partial charge in [-0.25, -0.2) is 9.67 Å². The van der Waals surface area contributed by atoms with Gasteiger partial charge in [0.05, 0.1) is 0 Å². The molecule has 0 saturated carbocycles.